The Balaban J connectivity index is 2.07. The minimum Gasteiger partial charge on any atom is -0.443 e. The van der Waals surface area contributed by atoms with Gasteiger partial charge in [0.15, 0.2) is 0 Å². The fourth-order valence-electron chi connectivity index (χ4n) is 1.66. The van der Waals surface area contributed by atoms with Crippen LogP contribution in [0.3, 0.4) is 0 Å². The molecular formula is C16H18N2O5S. The van der Waals surface area contributed by atoms with Crippen molar-refractivity contribution >= 4 is 16.1 Å². The Morgan fingerprint density at radius 1 is 1.08 bits per heavy atom. The summed E-state index contributed by atoms with van der Waals surface area (Å²) in [6.45, 7) is 4.91. The number of ether oxygens (including phenoxy) is 2. The molecule has 1 aromatic carbocycles. The molecule has 0 aliphatic carbocycles. The van der Waals surface area contributed by atoms with Crippen molar-refractivity contribution < 1.29 is 22.7 Å². The van der Waals surface area contributed by atoms with Crippen molar-refractivity contribution in [1.82, 2.24) is 9.71 Å². The van der Waals surface area contributed by atoms with Crippen molar-refractivity contribution in [2.24, 2.45) is 0 Å². The summed E-state index contributed by atoms with van der Waals surface area (Å²) in [4.78, 5) is 15.4. The molecule has 1 aromatic heterocycles. The highest BCUT2D eigenvalue weighted by Crippen LogP contribution is 2.20. The SMILES string of the molecule is CC(C)(C)OC(=O)NS(=O)(=O)c1ccc(Oc2ccccc2)nc1. The van der Waals surface area contributed by atoms with Gasteiger partial charge >= 0.3 is 6.09 Å². The minimum absolute atomic E-state index is 0.172. The van der Waals surface area contributed by atoms with Crippen LogP contribution in [0.1, 0.15) is 20.8 Å². The predicted octanol–water partition coefficient (Wildman–Crippen LogP) is 3.09. The Morgan fingerprint density at radius 3 is 2.29 bits per heavy atom. The molecule has 0 atom stereocenters. The lowest BCUT2D eigenvalue weighted by Gasteiger charge is -2.19. The summed E-state index contributed by atoms with van der Waals surface area (Å²) in [5.41, 5.74) is -0.800. The first-order chi connectivity index (χ1) is 11.2. The fraction of sp³-hybridized carbons (Fsp3) is 0.250. The van der Waals surface area contributed by atoms with E-state index in [1.807, 2.05) is 10.8 Å². The summed E-state index contributed by atoms with van der Waals surface area (Å²) in [5.74, 6) is 0.810. The van der Waals surface area contributed by atoms with Crippen molar-refractivity contribution in [2.75, 3.05) is 0 Å². The monoisotopic (exact) mass is 350 g/mol. The summed E-state index contributed by atoms with van der Waals surface area (Å²) >= 11 is 0. The molecule has 0 fully saturated rings. The standard InChI is InChI=1S/C16H18N2O5S/c1-16(2,3)23-15(19)18-24(20,21)13-9-10-14(17-11-13)22-12-7-5-4-6-8-12/h4-11H,1-3H3,(H,18,19). The van der Waals surface area contributed by atoms with E-state index < -0.39 is 21.7 Å². The average molecular weight is 350 g/mol. The van der Waals surface area contributed by atoms with Crippen LogP contribution in [0.25, 0.3) is 0 Å². The van der Waals surface area contributed by atoms with Crippen LogP contribution in [0.4, 0.5) is 4.79 Å². The number of rotatable bonds is 4. The lowest BCUT2D eigenvalue weighted by Crippen LogP contribution is -2.36. The number of pyridine rings is 1. The number of para-hydroxylation sites is 1. The van der Waals surface area contributed by atoms with Gasteiger partial charge in [-0.05, 0) is 39.0 Å². The summed E-state index contributed by atoms with van der Waals surface area (Å²) in [6.07, 6.45) is 0.0532. The number of sulfonamides is 1. The molecule has 1 amide bonds. The molecule has 24 heavy (non-hydrogen) atoms. The van der Waals surface area contributed by atoms with Crippen LogP contribution in [0.15, 0.2) is 53.6 Å². The van der Waals surface area contributed by atoms with Gasteiger partial charge in [-0.2, -0.15) is 0 Å². The molecule has 0 aliphatic heterocycles. The van der Waals surface area contributed by atoms with Gasteiger partial charge in [0.2, 0.25) is 5.88 Å². The van der Waals surface area contributed by atoms with Crippen LogP contribution < -0.4 is 9.46 Å². The molecule has 2 aromatic rings. The van der Waals surface area contributed by atoms with E-state index in [9.17, 15) is 13.2 Å². The number of aromatic nitrogens is 1. The predicted molar refractivity (Wildman–Crippen MR) is 87.3 cm³/mol. The second-order valence-corrected chi connectivity index (χ2v) is 7.54. The van der Waals surface area contributed by atoms with Crippen molar-refractivity contribution in [3.63, 3.8) is 0 Å². The largest absolute Gasteiger partial charge is 0.443 e. The molecule has 0 saturated carbocycles. The highest BCUT2D eigenvalue weighted by molar-refractivity contribution is 7.90. The number of benzene rings is 1. The van der Waals surface area contributed by atoms with Crippen LogP contribution in [0.2, 0.25) is 0 Å². The zero-order chi connectivity index (χ0) is 17.8. The first-order valence-electron chi connectivity index (χ1n) is 7.10. The van der Waals surface area contributed by atoms with E-state index in [2.05, 4.69) is 4.98 Å². The van der Waals surface area contributed by atoms with Gasteiger partial charge in [-0.1, -0.05) is 18.2 Å². The van der Waals surface area contributed by atoms with E-state index in [0.717, 1.165) is 6.20 Å². The molecule has 0 bridgehead atoms. The summed E-state index contributed by atoms with van der Waals surface area (Å²) in [5, 5.41) is 0. The van der Waals surface area contributed by atoms with E-state index in [0.29, 0.717) is 5.75 Å². The van der Waals surface area contributed by atoms with Crippen molar-refractivity contribution in [3.8, 4) is 11.6 Å². The zero-order valence-corrected chi connectivity index (χ0v) is 14.3. The summed E-state index contributed by atoms with van der Waals surface area (Å²) in [7, 11) is -4.06. The van der Waals surface area contributed by atoms with Crippen LogP contribution in [-0.4, -0.2) is 25.1 Å². The average Bonchev–Trinajstić information content (AvgIpc) is 2.46. The van der Waals surface area contributed by atoms with Crippen molar-refractivity contribution in [1.29, 1.82) is 0 Å². The minimum atomic E-state index is -4.06. The van der Waals surface area contributed by atoms with Gasteiger partial charge in [0.1, 0.15) is 16.2 Å². The van der Waals surface area contributed by atoms with Gasteiger partial charge in [0.05, 0.1) is 6.20 Å². The van der Waals surface area contributed by atoms with E-state index in [-0.39, 0.29) is 10.8 Å². The van der Waals surface area contributed by atoms with Gasteiger partial charge in [0.25, 0.3) is 10.0 Å². The van der Waals surface area contributed by atoms with E-state index >= 15 is 0 Å². The second kappa shape index (κ2) is 6.88. The first kappa shape index (κ1) is 17.7. The highest BCUT2D eigenvalue weighted by Gasteiger charge is 2.23. The Kier molecular flexibility index (Phi) is 5.08. The van der Waals surface area contributed by atoms with Crippen LogP contribution in [0.5, 0.6) is 11.6 Å². The van der Waals surface area contributed by atoms with Crippen molar-refractivity contribution in [2.45, 2.75) is 31.3 Å². The number of hydrogen-bond donors (Lipinski definition) is 1. The smallest absolute Gasteiger partial charge is 0.421 e. The molecule has 0 saturated heterocycles. The normalized spacial score (nSPS) is 11.6. The lowest BCUT2D eigenvalue weighted by atomic mass is 10.2. The number of hydrogen-bond acceptors (Lipinski definition) is 6. The van der Waals surface area contributed by atoms with E-state index in [1.165, 1.54) is 12.1 Å². The Hall–Kier alpha value is -2.61. The maximum absolute atomic E-state index is 12.1. The maximum atomic E-state index is 12.1. The third kappa shape index (κ3) is 5.24. The number of carbonyl (C=O) groups excluding carboxylic acids is 1. The van der Waals surface area contributed by atoms with Gasteiger partial charge < -0.3 is 9.47 Å². The maximum Gasteiger partial charge on any atom is 0.421 e. The van der Waals surface area contributed by atoms with Crippen molar-refractivity contribution in [3.05, 3.63) is 48.7 Å². The number of amides is 1. The molecule has 0 spiro atoms. The number of nitrogens with one attached hydrogen (secondary N) is 1. The lowest BCUT2D eigenvalue weighted by molar-refractivity contribution is 0.0570. The summed E-state index contributed by atoms with van der Waals surface area (Å²) in [6, 6.07) is 11.6. The molecular weight excluding hydrogens is 332 g/mol. The topological polar surface area (TPSA) is 94.6 Å². The van der Waals surface area contributed by atoms with Gasteiger partial charge in [-0.15, -0.1) is 0 Å². The third-order valence-corrected chi connectivity index (χ3v) is 3.90. The molecule has 2 rings (SSSR count). The van der Waals surface area contributed by atoms with Gasteiger partial charge in [-0.25, -0.2) is 22.9 Å². The fourth-order valence-corrected chi connectivity index (χ4v) is 2.48. The molecule has 0 radical (unpaired) electrons. The van der Waals surface area contributed by atoms with Crippen LogP contribution in [-0.2, 0) is 14.8 Å². The molecule has 8 heteroatoms. The summed E-state index contributed by atoms with van der Waals surface area (Å²) < 4.78 is 36.4. The van der Waals surface area contributed by atoms with Crippen LogP contribution in [0, 0.1) is 0 Å². The zero-order valence-electron chi connectivity index (χ0n) is 13.5. The third-order valence-electron chi connectivity index (χ3n) is 2.60. The van der Waals surface area contributed by atoms with E-state index in [1.54, 1.807) is 45.0 Å². The Bertz CT molecular complexity index is 797. The van der Waals surface area contributed by atoms with Gasteiger partial charge in [0, 0.05) is 6.07 Å². The molecule has 0 aliphatic rings. The molecule has 128 valence electrons. The Labute approximate surface area is 140 Å². The quantitative estimate of drug-likeness (QED) is 0.910. The second-order valence-electron chi connectivity index (χ2n) is 5.85. The first-order valence-corrected chi connectivity index (χ1v) is 8.59. The van der Waals surface area contributed by atoms with Crippen LogP contribution >= 0.6 is 0 Å². The molecule has 1 N–H and O–H groups in total. The Morgan fingerprint density at radius 2 is 1.75 bits per heavy atom. The molecule has 0 unspecified atom stereocenters. The number of nitrogens with zero attached hydrogens (tertiary/aromatic N) is 1. The number of carbonyl (C=O) groups is 1. The molecule has 7 nitrogen and oxygen atoms in total. The van der Waals surface area contributed by atoms with Gasteiger partial charge in [-0.3, -0.25) is 0 Å². The van der Waals surface area contributed by atoms with E-state index in [4.69, 9.17) is 9.47 Å². The molecule has 1 heterocycles. The highest BCUT2D eigenvalue weighted by atomic mass is 32.2.